The van der Waals surface area contributed by atoms with E-state index in [1.807, 2.05) is 36.1 Å². The molecule has 1 aliphatic carbocycles. The molecule has 3 aromatic rings. The minimum atomic E-state index is 0.501. The molecular weight excluding hydrogens is 300 g/mol. The molecule has 0 atom stereocenters. The molecule has 0 radical (unpaired) electrons. The number of fused-ring (bicyclic) bond motifs is 1. The Morgan fingerprint density at radius 1 is 1.12 bits per heavy atom. The predicted octanol–water partition coefficient (Wildman–Crippen LogP) is 3.85. The van der Waals surface area contributed by atoms with Crippen molar-refractivity contribution in [1.29, 1.82) is 0 Å². The Morgan fingerprint density at radius 3 is 2.88 bits per heavy atom. The zero-order chi connectivity index (χ0) is 16.4. The largest absolute Gasteiger partial charge is 0.351 e. The lowest BCUT2D eigenvalue weighted by atomic mass is 9.96. The Kier molecular flexibility index (Phi) is 4.02. The number of benzene rings is 1. The Balaban J connectivity index is 1.49. The van der Waals surface area contributed by atoms with Crippen LogP contribution in [-0.4, -0.2) is 25.8 Å². The monoisotopic (exact) mass is 322 g/mol. The summed E-state index contributed by atoms with van der Waals surface area (Å²) in [7, 11) is 1.93. The van der Waals surface area contributed by atoms with Crippen LogP contribution in [0.1, 0.15) is 32.1 Å². The molecule has 6 nitrogen and oxygen atoms in total. The number of rotatable bonds is 4. The van der Waals surface area contributed by atoms with E-state index >= 15 is 0 Å². The molecule has 0 spiro atoms. The molecule has 1 aromatic carbocycles. The molecule has 1 aliphatic rings. The molecule has 124 valence electrons. The van der Waals surface area contributed by atoms with Crippen LogP contribution in [0.5, 0.6) is 0 Å². The van der Waals surface area contributed by atoms with E-state index in [4.69, 9.17) is 0 Å². The van der Waals surface area contributed by atoms with Crippen molar-refractivity contribution >= 4 is 28.4 Å². The number of aromatic nitrogens is 4. The third kappa shape index (κ3) is 3.32. The summed E-state index contributed by atoms with van der Waals surface area (Å²) in [5, 5.41) is 12.3. The molecule has 6 heteroatoms. The normalized spacial score (nSPS) is 15.5. The van der Waals surface area contributed by atoms with Gasteiger partial charge in [0, 0.05) is 36.6 Å². The topological polar surface area (TPSA) is 67.7 Å². The Labute approximate surface area is 141 Å². The summed E-state index contributed by atoms with van der Waals surface area (Å²) in [6, 6.07) is 8.50. The Bertz CT molecular complexity index is 834. The summed E-state index contributed by atoms with van der Waals surface area (Å²) in [5.41, 5.74) is 1.99. The van der Waals surface area contributed by atoms with Gasteiger partial charge in [0.1, 0.15) is 5.82 Å². The number of hydrogen-bond acceptors (Lipinski definition) is 5. The van der Waals surface area contributed by atoms with Crippen LogP contribution in [0.2, 0.25) is 0 Å². The van der Waals surface area contributed by atoms with E-state index in [0.29, 0.717) is 12.0 Å². The van der Waals surface area contributed by atoms with Crippen molar-refractivity contribution in [2.45, 2.75) is 38.1 Å². The fourth-order valence-electron chi connectivity index (χ4n) is 3.30. The number of hydrogen-bond donors (Lipinski definition) is 2. The van der Waals surface area contributed by atoms with Gasteiger partial charge in [-0.15, -0.1) is 0 Å². The maximum atomic E-state index is 4.59. The first-order valence-corrected chi connectivity index (χ1v) is 8.56. The zero-order valence-electron chi connectivity index (χ0n) is 13.9. The highest BCUT2D eigenvalue weighted by Crippen LogP contribution is 2.23. The van der Waals surface area contributed by atoms with Crippen molar-refractivity contribution < 1.29 is 0 Å². The van der Waals surface area contributed by atoms with Gasteiger partial charge in [-0.2, -0.15) is 10.1 Å². The maximum Gasteiger partial charge on any atom is 0.224 e. The highest BCUT2D eigenvalue weighted by Gasteiger charge is 2.14. The van der Waals surface area contributed by atoms with Crippen LogP contribution in [0, 0.1) is 0 Å². The summed E-state index contributed by atoms with van der Waals surface area (Å²) in [5.74, 6) is 1.50. The van der Waals surface area contributed by atoms with E-state index < -0.39 is 0 Å². The van der Waals surface area contributed by atoms with Gasteiger partial charge in [-0.1, -0.05) is 19.3 Å². The number of anilines is 3. The van der Waals surface area contributed by atoms with Gasteiger partial charge in [0.15, 0.2) is 0 Å². The van der Waals surface area contributed by atoms with Gasteiger partial charge in [-0.25, -0.2) is 4.98 Å². The summed E-state index contributed by atoms with van der Waals surface area (Å²) in [6.45, 7) is 0. The molecule has 24 heavy (non-hydrogen) atoms. The van der Waals surface area contributed by atoms with Crippen molar-refractivity contribution in [2.75, 3.05) is 10.6 Å². The van der Waals surface area contributed by atoms with E-state index in [-0.39, 0.29) is 0 Å². The molecule has 1 fully saturated rings. The maximum absolute atomic E-state index is 4.59. The third-order valence-corrected chi connectivity index (χ3v) is 4.49. The van der Waals surface area contributed by atoms with Crippen LogP contribution in [0.15, 0.2) is 36.7 Å². The molecule has 4 rings (SSSR count). The average molecular weight is 322 g/mol. The van der Waals surface area contributed by atoms with Crippen molar-refractivity contribution in [3.63, 3.8) is 0 Å². The molecule has 2 aromatic heterocycles. The van der Waals surface area contributed by atoms with Crippen molar-refractivity contribution in [2.24, 2.45) is 7.05 Å². The quantitative estimate of drug-likeness (QED) is 0.763. The molecule has 0 bridgehead atoms. The van der Waals surface area contributed by atoms with Crippen LogP contribution < -0.4 is 10.6 Å². The van der Waals surface area contributed by atoms with Crippen molar-refractivity contribution in [3.05, 3.63) is 36.7 Å². The smallest absolute Gasteiger partial charge is 0.224 e. The highest BCUT2D eigenvalue weighted by molar-refractivity contribution is 5.82. The molecule has 1 saturated carbocycles. The van der Waals surface area contributed by atoms with E-state index in [9.17, 15) is 0 Å². The summed E-state index contributed by atoms with van der Waals surface area (Å²) >= 11 is 0. The lowest BCUT2D eigenvalue weighted by Gasteiger charge is -2.22. The summed E-state index contributed by atoms with van der Waals surface area (Å²) in [4.78, 5) is 8.95. The van der Waals surface area contributed by atoms with Crippen LogP contribution in [0.4, 0.5) is 17.5 Å². The molecule has 2 heterocycles. The fraction of sp³-hybridized carbons (Fsp3) is 0.389. The number of aryl methyl sites for hydroxylation is 1. The number of nitrogens with zero attached hydrogens (tertiary/aromatic N) is 4. The SMILES string of the molecule is Cn1cc2cc(Nc3ccnc(NC4CCCCC4)n3)ccc2n1. The molecule has 2 N–H and O–H groups in total. The molecule has 0 saturated heterocycles. The van der Waals surface area contributed by atoms with E-state index in [2.05, 4.69) is 31.8 Å². The van der Waals surface area contributed by atoms with Crippen LogP contribution in [0.3, 0.4) is 0 Å². The van der Waals surface area contributed by atoms with Crippen LogP contribution in [0.25, 0.3) is 10.9 Å². The first kappa shape index (κ1) is 14.9. The van der Waals surface area contributed by atoms with E-state index in [1.165, 1.54) is 32.1 Å². The van der Waals surface area contributed by atoms with Crippen LogP contribution in [-0.2, 0) is 7.05 Å². The molecular formula is C18H22N6. The first-order chi connectivity index (χ1) is 11.8. The van der Waals surface area contributed by atoms with Gasteiger partial charge in [0.05, 0.1) is 5.52 Å². The van der Waals surface area contributed by atoms with Gasteiger partial charge >= 0.3 is 0 Å². The van der Waals surface area contributed by atoms with Gasteiger partial charge in [-0.3, -0.25) is 4.68 Å². The summed E-state index contributed by atoms with van der Waals surface area (Å²) < 4.78 is 1.82. The second kappa shape index (κ2) is 6.47. The van der Waals surface area contributed by atoms with Gasteiger partial charge < -0.3 is 10.6 Å². The van der Waals surface area contributed by atoms with Gasteiger partial charge in [-0.05, 0) is 37.1 Å². The predicted molar refractivity (Wildman–Crippen MR) is 96.5 cm³/mol. The minimum Gasteiger partial charge on any atom is -0.351 e. The highest BCUT2D eigenvalue weighted by atomic mass is 15.2. The minimum absolute atomic E-state index is 0.501. The first-order valence-electron chi connectivity index (χ1n) is 8.56. The zero-order valence-corrected chi connectivity index (χ0v) is 13.9. The third-order valence-electron chi connectivity index (χ3n) is 4.49. The lowest BCUT2D eigenvalue weighted by molar-refractivity contribution is 0.461. The molecule has 0 amide bonds. The van der Waals surface area contributed by atoms with Crippen molar-refractivity contribution in [1.82, 2.24) is 19.7 Å². The Morgan fingerprint density at radius 2 is 2.00 bits per heavy atom. The average Bonchev–Trinajstić information content (AvgIpc) is 2.95. The summed E-state index contributed by atoms with van der Waals surface area (Å²) in [6.07, 6.45) is 10.1. The van der Waals surface area contributed by atoms with Gasteiger partial charge in [0.2, 0.25) is 5.95 Å². The van der Waals surface area contributed by atoms with E-state index in [0.717, 1.165) is 22.4 Å². The Hall–Kier alpha value is -2.63. The molecule has 0 unspecified atom stereocenters. The van der Waals surface area contributed by atoms with E-state index in [1.54, 1.807) is 6.20 Å². The second-order valence-corrected chi connectivity index (χ2v) is 6.45. The van der Waals surface area contributed by atoms with Crippen LogP contribution >= 0.6 is 0 Å². The second-order valence-electron chi connectivity index (χ2n) is 6.45. The fourth-order valence-corrected chi connectivity index (χ4v) is 3.30. The molecule has 0 aliphatic heterocycles. The lowest BCUT2D eigenvalue weighted by Crippen LogP contribution is -2.23. The van der Waals surface area contributed by atoms with Crippen molar-refractivity contribution in [3.8, 4) is 0 Å². The number of nitrogens with one attached hydrogen (secondary N) is 2. The standard InChI is InChI=1S/C18H22N6/c1-24-12-13-11-15(7-8-16(13)23-24)20-17-9-10-19-18(22-17)21-14-5-3-2-4-6-14/h7-12,14H,2-6H2,1H3,(H2,19,20,21,22). The van der Waals surface area contributed by atoms with Gasteiger partial charge in [0.25, 0.3) is 0 Å².